The van der Waals surface area contributed by atoms with Gasteiger partial charge in [0.05, 0.1) is 28.3 Å². The van der Waals surface area contributed by atoms with Crippen molar-refractivity contribution in [2.75, 3.05) is 17.7 Å². The Kier molecular flexibility index (Phi) is 7.12. The number of benzene rings is 2. The van der Waals surface area contributed by atoms with Gasteiger partial charge in [-0.1, -0.05) is 7.43 Å². The summed E-state index contributed by atoms with van der Waals surface area (Å²) in [5, 5.41) is 17.0. The number of nitrogens with zero attached hydrogens (tertiary/aromatic N) is 2. The Labute approximate surface area is 203 Å². The standard InChI is InChI=1S/C21H18FN5O5S2.CH4/c1-11-3-8-18(33-11)34(31,32)26-20(29)24-12-4-6-13(7-5-12)27-19(28)14-9-15(22)17(23-2)10-16(14)25-21(27)30;/h3-10,23H,1-2H3,(H,25,30)(H2,24,26,29);1H4/p-1. The number of anilines is 2. The quantitative estimate of drug-likeness (QED) is 0.271. The molecule has 0 saturated heterocycles. The van der Waals surface area contributed by atoms with Gasteiger partial charge < -0.3 is 20.7 Å². The molecule has 4 rings (SSSR count). The molecule has 10 nitrogen and oxygen atoms in total. The van der Waals surface area contributed by atoms with Gasteiger partial charge in [0.2, 0.25) is 0 Å². The van der Waals surface area contributed by atoms with E-state index in [-0.39, 0.29) is 39.6 Å². The van der Waals surface area contributed by atoms with Crippen LogP contribution in [0.2, 0.25) is 0 Å². The third-order valence-corrected chi connectivity index (χ3v) is 7.53. The molecule has 0 fully saturated rings. The summed E-state index contributed by atoms with van der Waals surface area (Å²) in [5.74, 6) is -0.653. The van der Waals surface area contributed by atoms with Crippen molar-refractivity contribution >= 4 is 49.7 Å². The Morgan fingerprint density at radius 2 is 1.83 bits per heavy atom. The van der Waals surface area contributed by atoms with E-state index in [9.17, 15) is 27.5 Å². The first kappa shape index (κ1) is 25.6. The summed E-state index contributed by atoms with van der Waals surface area (Å²) in [7, 11) is -2.64. The van der Waals surface area contributed by atoms with E-state index in [2.05, 4.69) is 20.0 Å². The Bertz CT molecular complexity index is 1650. The van der Waals surface area contributed by atoms with Gasteiger partial charge >= 0.3 is 5.69 Å². The van der Waals surface area contributed by atoms with E-state index in [1.54, 1.807) is 13.0 Å². The molecule has 0 aliphatic carbocycles. The highest BCUT2D eigenvalue weighted by molar-refractivity contribution is 7.92. The van der Waals surface area contributed by atoms with Gasteiger partial charge in [0, 0.05) is 17.6 Å². The molecule has 0 aliphatic rings. The van der Waals surface area contributed by atoms with E-state index in [1.807, 2.05) is 0 Å². The number of hydrogen-bond acceptors (Lipinski definition) is 7. The molecule has 2 aromatic heterocycles. The maximum atomic E-state index is 14.1. The summed E-state index contributed by atoms with van der Waals surface area (Å²) < 4.78 is 42.6. The fraction of sp³-hybridized carbons (Fsp3) is 0.136. The largest absolute Gasteiger partial charge is 0.845 e. The molecule has 0 atom stereocenters. The van der Waals surface area contributed by atoms with Crippen LogP contribution in [-0.4, -0.2) is 31.0 Å². The van der Waals surface area contributed by atoms with Gasteiger partial charge in [0.25, 0.3) is 15.6 Å². The summed E-state index contributed by atoms with van der Waals surface area (Å²) in [5.41, 5.74) is -0.834. The maximum Gasteiger partial charge on any atom is 0.333 e. The smallest absolute Gasteiger partial charge is 0.333 e. The first-order valence-corrected chi connectivity index (χ1v) is 12.0. The topological polar surface area (TPSA) is 148 Å². The van der Waals surface area contributed by atoms with Gasteiger partial charge in [-0.15, -0.1) is 11.3 Å². The van der Waals surface area contributed by atoms with Crippen LogP contribution in [0.1, 0.15) is 12.3 Å². The van der Waals surface area contributed by atoms with Gasteiger partial charge in [-0.25, -0.2) is 13.8 Å². The number of aryl methyl sites for hydroxylation is 1. The zero-order valence-corrected chi connectivity index (χ0v) is 19.4. The van der Waals surface area contributed by atoms with Crippen molar-refractivity contribution in [2.45, 2.75) is 18.6 Å². The number of thiophene rings is 1. The number of aromatic amines is 1. The summed E-state index contributed by atoms with van der Waals surface area (Å²) in [6.07, 6.45) is 0. The summed E-state index contributed by atoms with van der Waals surface area (Å²) in [6.45, 7) is 1.73. The highest BCUT2D eigenvalue weighted by Crippen LogP contribution is 2.23. The van der Waals surface area contributed by atoms with Gasteiger partial charge in [-0.3, -0.25) is 4.79 Å². The lowest BCUT2D eigenvalue weighted by Crippen LogP contribution is -2.33. The second-order valence-corrected chi connectivity index (χ2v) is 10.2. The molecule has 2 heterocycles. The lowest BCUT2D eigenvalue weighted by molar-refractivity contribution is -0.213. The van der Waals surface area contributed by atoms with Crippen molar-refractivity contribution in [3.05, 3.63) is 80.1 Å². The molecule has 3 N–H and O–H groups in total. The van der Waals surface area contributed by atoms with E-state index < -0.39 is 33.1 Å². The van der Waals surface area contributed by atoms with Crippen molar-refractivity contribution in [2.24, 2.45) is 4.40 Å². The Morgan fingerprint density at radius 1 is 1.14 bits per heavy atom. The zero-order valence-electron chi connectivity index (χ0n) is 17.7. The number of sulfonamides is 1. The van der Waals surface area contributed by atoms with Crippen LogP contribution in [-0.2, 0) is 10.0 Å². The molecule has 13 heteroatoms. The molecule has 0 spiro atoms. The lowest BCUT2D eigenvalue weighted by Gasteiger charge is -2.14. The SMILES string of the molecule is C.CNc1cc2[nH]c(=O)n(-c3ccc(NC([O-])=NS(=O)(=O)c4ccc(C)s4)cc3)c(=O)c2cc1F. The van der Waals surface area contributed by atoms with E-state index >= 15 is 0 Å². The number of nitrogens with one attached hydrogen (secondary N) is 3. The zero-order chi connectivity index (χ0) is 24.6. The van der Waals surface area contributed by atoms with Crippen LogP contribution >= 0.6 is 11.3 Å². The number of fused-ring (bicyclic) bond motifs is 1. The molecule has 184 valence electrons. The third kappa shape index (κ3) is 5.10. The number of aromatic nitrogens is 2. The molecule has 0 amide bonds. The number of halogens is 1. The first-order valence-electron chi connectivity index (χ1n) is 9.71. The molecular formula is C22H21FN5O5S2-. The fourth-order valence-electron chi connectivity index (χ4n) is 3.21. The molecule has 2 aromatic carbocycles. The van der Waals surface area contributed by atoms with Gasteiger partial charge in [0.15, 0.2) is 0 Å². The van der Waals surface area contributed by atoms with Crippen LogP contribution < -0.4 is 27.0 Å². The Balaban J connectivity index is 0.00000342. The van der Waals surface area contributed by atoms with Crippen LogP contribution in [0.4, 0.5) is 15.8 Å². The van der Waals surface area contributed by atoms with Crippen molar-refractivity contribution in [1.82, 2.24) is 9.55 Å². The number of amidine groups is 1. The molecule has 0 bridgehead atoms. The second-order valence-electron chi connectivity index (χ2n) is 7.11. The minimum atomic E-state index is -4.15. The van der Waals surface area contributed by atoms with Crippen LogP contribution in [0.3, 0.4) is 0 Å². The minimum absolute atomic E-state index is 0. The van der Waals surface area contributed by atoms with Crippen LogP contribution in [0.15, 0.2) is 66.7 Å². The van der Waals surface area contributed by atoms with E-state index in [4.69, 9.17) is 0 Å². The van der Waals surface area contributed by atoms with E-state index in [0.29, 0.717) is 0 Å². The molecule has 0 radical (unpaired) electrons. The monoisotopic (exact) mass is 518 g/mol. The van der Waals surface area contributed by atoms with Crippen molar-refractivity contribution in [3.63, 3.8) is 0 Å². The molecule has 0 saturated carbocycles. The number of H-pyrrole nitrogens is 1. The molecule has 4 aromatic rings. The number of rotatable bonds is 5. The summed E-state index contributed by atoms with van der Waals surface area (Å²) >= 11 is 0.995. The predicted octanol–water partition coefficient (Wildman–Crippen LogP) is 2.38. The van der Waals surface area contributed by atoms with Crippen LogP contribution in [0, 0.1) is 12.7 Å². The van der Waals surface area contributed by atoms with Crippen LogP contribution in [0.5, 0.6) is 0 Å². The minimum Gasteiger partial charge on any atom is -0.845 e. The second kappa shape index (κ2) is 9.72. The molecule has 35 heavy (non-hydrogen) atoms. The van der Waals surface area contributed by atoms with Gasteiger partial charge in [-0.2, -0.15) is 12.8 Å². The molecular weight excluding hydrogens is 497 g/mol. The normalized spacial score (nSPS) is 11.8. The molecule has 0 unspecified atom stereocenters. The van der Waals surface area contributed by atoms with E-state index in [0.717, 1.165) is 26.8 Å². The van der Waals surface area contributed by atoms with Gasteiger partial charge in [-0.05, 0) is 55.5 Å². The van der Waals surface area contributed by atoms with Crippen molar-refractivity contribution in [1.29, 1.82) is 0 Å². The fourth-order valence-corrected chi connectivity index (χ4v) is 5.32. The average molecular weight is 519 g/mol. The van der Waals surface area contributed by atoms with E-state index in [1.165, 1.54) is 43.4 Å². The van der Waals surface area contributed by atoms with Crippen molar-refractivity contribution in [3.8, 4) is 5.69 Å². The third-order valence-electron chi connectivity index (χ3n) is 4.80. The Hall–Kier alpha value is -3.97. The van der Waals surface area contributed by atoms with Crippen molar-refractivity contribution < 1.29 is 17.9 Å². The summed E-state index contributed by atoms with van der Waals surface area (Å²) in [6, 6.07) is 9.69. The highest BCUT2D eigenvalue weighted by atomic mass is 32.2. The highest BCUT2D eigenvalue weighted by Gasteiger charge is 2.15. The first-order chi connectivity index (χ1) is 16.1. The average Bonchev–Trinajstić information content (AvgIpc) is 3.22. The number of hydrogen-bond donors (Lipinski definition) is 3. The van der Waals surface area contributed by atoms with Crippen LogP contribution in [0.25, 0.3) is 16.6 Å². The summed E-state index contributed by atoms with van der Waals surface area (Å²) in [4.78, 5) is 28.7. The lowest BCUT2D eigenvalue weighted by atomic mass is 10.2. The van der Waals surface area contributed by atoms with Gasteiger partial charge in [0.1, 0.15) is 10.0 Å². The Morgan fingerprint density at radius 3 is 2.43 bits per heavy atom. The predicted molar refractivity (Wildman–Crippen MR) is 134 cm³/mol. The maximum absolute atomic E-state index is 14.1. The molecule has 0 aliphatic heterocycles.